The zero-order chi connectivity index (χ0) is 17.2. The van der Waals surface area contributed by atoms with Crippen molar-refractivity contribution in [1.82, 2.24) is 14.5 Å². The summed E-state index contributed by atoms with van der Waals surface area (Å²) in [5, 5.41) is 0. The molecule has 2 heterocycles. The molecule has 1 aromatic heterocycles. The number of amides is 1. The van der Waals surface area contributed by atoms with Gasteiger partial charge in [-0.3, -0.25) is 4.79 Å². The van der Waals surface area contributed by atoms with E-state index in [1.165, 1.54) is 29.2 Å². The second kappa shape index (κ2) is 6.64. The molecule has 2 aromatic rings. The normalized spacial score (nSPS) is 15.9. The summed E-state index contributed by atoms with van der Waals surface area (Å²) in [5.74, 6) is -0.465. The summed E-state index contributed by atoms with van der Waals surface area (Å²) in [7, 11) is 0. The summed E-state index contributed by atoms with van der Waals surface area (Å²) in [4.78, 5) is 17.7. The number of alkyl halides is 3. The zero-order valence-electron chi connectivity index (χ0n) is 12.7. The van der Waals surface area contributed by atoms with E-state index in [1.807, 2.05) is 4.57 Å². The van der Waals surface area contributed by atoms with Crippen molar-refractivity contribution in [3.63, 3.8) is 0 Å². The van der Waals surface area contributed by atoms with Crippen molar-refractivity contribution in [2.45, 2.75) is 25.4 Å². The molecule has 0 fully saturated rings. The predicted molar refractivity (Wildman–Crippen MR) is 78.8 cm³/mol. The molecular weight excluding hydrogens is 323 g/mol. The lowest BCUT2D eigenvalue weighted by molar-refractivity contribution is -0.224. The number of hydrogen-bond acceptors (Lipinski definition) is 3. The highest BCUT2D eigenvalue weighted by Crippen LogP contribution is 2.35. The molecule has 1 aromatic carbocycles. The van der Waals surface area contributed by atoms with Gasteiger partial charge in [-0.05, 0) is 5.56 Å². The SMILES string of the molecule is O=C(CO[C@@H](c1ccccc1)C(F)(F)F)N1CCn2cncc2C1. The Morgan fingerprint density at radius 1 is 1.25 bits per heavy atom. The number of benzene rings is 1. The van der Waals surface area contributed by atoms with Crippen LogP contribution in [0.25, 0.3) is 0 Å². The number of carbonyl (C=O) groups excluding carboxylic acids is 1. The molecule has 1 amide bonds. The molecule has 5 nitrogen and oxygen atoms in total. The summed E-state index contributed by atoms with van der Waals surface area (Å²) in [5.41, 5.74) is 0.833. The van der Waals surface area contributed by atoms with Crippen LogP contribution in [-0.2, 0) is 22.6 Å². The molecule has 0 bridgehead atoms. The molecule has 1 aliphatic heterocycles. The van der Waals surface area contributed by atoms with Crippen LogP contribution in [-0.4, -0.2) is 39.7 Å². The van der Waals surface area contributed by atoms with Crippen LogP contribution in [0.3, 0.4) is 0 Å². The zero-order valence-corrected chi connectivity index (χ0v) is 12.7. The van der Waals surface area contributed by atoms with E-state index < -0.39 is 24.8 Å². The van der Waals surface area contributed by atoms with Crippen LogP contribution in [0.2, 0.25) is 0 Å². The number of ether oxygens (including phenoxy) is 1. The first-order valence-corrected chi connectivity index (χ1v) is 7.45. The van der Waals surface area contributed by atoms with Crippen molar-refractivity contribution in [2.75, 3.05) is 13.2 Å². The van der Waals surface area contributed by atoms with Crippen molar-refractivity contribution in [3.8, 4) is 0 Å². The number of aromatic nitrogens is 2. The molecule has 0 N–H and O–H groups in total. The molecule has 8 heteroatoms. The lowest BCUT2D eigenvalue weighted by Crippen LogP contribution is -2.40. The number of hydrogen-bond donors (Lipinski definition) is 0. The first-order valence-electron chi connectivity index (χ1n) is 7.45. The molecular formula is C16H16F3N3O2. The fourth-order valence-electron chi connectivity index (χ4n) is 2.65. The molecule has 24 heavy (non-hydrogen) atoms. The Morgan fingerprint density at radius 2 is 2.00 bits per heavy atom. The quantitative estimate of drug-likeness (QED) is 0.860. The van der Waals surface area contributed by atoms with Crippen LogP contribution in [0.15, 0.2) is 42.9 Å². The average molecular weight is 339 g/mol. The maximum absolute atomic E-state index is 13.2. The first kappa shape index (κ1) is 16.5. The third kappa shape index (κ3) is 3.59. The van der Waals surface area contributed by atoms with Gasteiger partial charge in [0.25, 0.3) is 0 Å². The van der Waals surface area contributed by atoms with Gasteiger partial charge in [0, 0.05) is 19.3 Å². The fourth-order valence-corrected chi connectivity index (χ4v) is 2.65. The number of halogens is 3. The van der Waals surface area contributed by atoms with E-state index in [1.54, 1.807) is 18.6 Å². The lowest BCUT2D eigenvalue weighted by atomic mass is 10.1. The molecule has 0 aliphatic carbocycles. The summed E-state index contributed by atoms with van der Waals surface area (Å²) in [6.07, 6.45) is -3.38. The molecule has 0 saturated heterocycles. The van der Waals surface area contributed by atoms with Crippen LogP contribution in [0.1, 0.15) is 17.4 Å². The standard InChI is InChI=1S/C16H16F3N3O2/c17-16(18,19)15(12-4-2-1-3-5-12)24-10-14(23)21-6-7-22-11-20-8-13(22)9-21/h1-5,8,11,15H,6-7,9-10H2/t15-/m0/s1. The van der Waals surface area contributed by atoms with Crippen LogP contribution in [0.5, 0.6) is 0 Å². The van der Waals surface area contributed by atoms with E-state index in [0.29, 0.717) is 19.6 Å². The molecule has 3 rings (SSSR count). The third-order valence-electron chi connectivity index (χ3n) is 3.89. The van der Waals surface area contributed by atoms with Crippen LogP contribution in [0, 0.1) is 0 Å². The van der Waals surface area contributed by atoms with E-state index >= 15 is 0 Å². The molecule has 0 spiro atoms. The van der Waals surface area contributed by atoms with Gasteiger partial charge < -0.3 is 14.2 Å². The van der Waals surface area contributed by atoms with E-state index in [9.17, 15) is 18.0 Å². The maximum Gasteiger partial charge on any atom is 0.418 e. The van der Waals surface area contributed by atoms with Gasteiger partial charge in [-0.1, -0.05) is 30.3 Å². The number of fused-ring (bicyclic) bond motifs is 1. The highest BCUT2D eigenvalue weighted by molar-refractivity contribution is 5.77. The Balaban J connectivity index is 1.64. The minimum atomic E-state index is -4.58. The summed E-state index contributed by atoms with van der Waals surface area (Å²) in [6, 6.07) is 7.30. The van der Waals surface area contributed by atoms with E-state index in [2.05, 4.69) is 4.98 Å². The Labute approximate surface area is 136 Å². The van der Waals surface area contributed by atoms with Gasteiger partial charge in [0.15, 0.2) is 6.10 Å². The largest absolute Gasteiger partial charge is 0.418 e. The van der Waals surface area contributed by atoms with Crippen molar-refractivity contribution in [2.24, 2.45) is 0 Å². The minimum Gasteiger partial charge on any atom is -0.354 e. The minimum absolute atomic E-state index is 0.0190. The smallest absolute Gasteiger partial charge is 0.354 e. The van der Waals surface area contributed by atoms with Crippen LogP contribution in [0.4, 0.5) is 13.2 Å². The molecule has 0 unspecified atom stereocenters. The van der Waals surface area contributed by atoms with Gasteiger partial charge in [0.1, 0.15) is 6.61 Å². The van der Waals surface area contributed by atoms with Gasteiger partial charge in [0.05, 0.1) is 18.6 Å². The van der Waals surface area contributed by atoms with Gasteiger partial charge in [-0.15, -0.1) is 0 Å². The number of imidazole rings is 1. The molecule has 0 saturated carbocycles. The van der Waals surface area contributed by atoms with Gasteiger partial charge in [-0.25, -0.2) is 4.98 Å². The Kier molecular flexibility index (Phi) is 4.57. The van der Waals surface area contributed by atoms with Crippen molar-refractivity contribution in [3.05, 3.63) is 54.1 Å². The van der Waals surface area contributed by atoms with E-state index in [0.717, 1.165) is 5.69 Å². The maximum atomic E-state index is 13.2. The molecule has 0 radical (unpaired) electrons. The van der Waals surface area contributed by atoms with Crippen LogP contribution < -0.4 is 0 Å². The Hall–Kier alpha value is -2.35. The Bertz CT molecular complexity index is 700. The molecule has 128 valence electrons. The molecule has 1 aliphatic rings. The highest BCUT2D eigenvalue weighted by Gasteiger charge is 2.42. The van der Waals surface area contributed by atoms with Crippen molar-refractivity contribution >= 4 is 5.91 Å². The topological polar surface area (TPSA) is 47.4 Å². The van der Waals surface area contributed by atoms with Crippen molar-refractivity contribution in [1.29, 1.82) is 0 Å². The van der Waals surface area contributed by atoms with Gasteiger partial charge in [-0.2, -0.15) is 13.2 Å². The monoisotopic (exact) mass is 339 g/mol. The average Bonchev–Trinajstić information content (AvgIpc) is 3.02. The predicted octanol–water partition coefficient (Wildman–Crippen LogP) is 2.55. The van der Waals surface area contributed by atoms with E-state index in [4.69, 9.17) is 4.74 Å². The summed E-state index contributed by atoms with van der Waals surface area (Å²) in [6.45, 7) is 0.702. The van der Waals surface area contributed by atoms with Gasteiger partial charge in [0.2, 0.25) is 5.91 Å². The summed E-state index contributed by atoms with van der Waals surface area (Å²) < 4.78 is 46.4. The molecule has 1 atom stereocenters. The second-order valence-corrected chi connectivity index (χ2v) is 5.54. The van der Waals surface area contributed by atoms with Crippen molar-refractivity contribution < 1.29 is 22.7 Å². The first-order chi connectivity index (χ1) is 11.4. The number of nitrogens with zero attached hydrogens (tertiary/aromatic N) is 3. The highest BCUT2D eigenvalue weighted by atomic mass is 19.4. The Morgan fingerprint density at radius 3 is 2.71 bits per heavy atom. The number of carbonyl (C=O) groups is 1. The van der Waals surface area contributed by atoms with Crippen LogP contribution >= 0.6 is 0 Å². The lowest BCUT2D eigenvalue weighted by Gasteiger charge is -2.29. The fraction of sp³-hybridized carbons (Fsp3) is 0.375. The third-order valence-corrected chi connectivity index (χ3v) is 3.89. The second-order valence-electron chi connectivity index (χ2n) is 5.54. The van der Waals surface area contributed by atoms with E-state index in [-0.39, 0.29) is 5.56 Å². The number of rotatable bonds is 4. The summed E-state index contributed by atoms with van der Waals surface area (Å²) >= 11 is 0. The van der Waals surface area contributed by atoms with Gasteiger partial charge >= 0.3 is 6.18 Å².